The van der Waals surface area contributed by atoms with Gasteiger partial charge in [0, 0.05) is 12.5 Å². The fourth-order valence-electron chi connectivity index (χ4n) is 2.39. The second kappa shape index (κ2) is 9.67. The second-order valence-corrected chi connectivity index (χ2v) is 5.76. The summed E-state index contributed by atoms with van der Waals surface area (Å²) in [6, 6.07) is 20.2. The summed E-state index contributed by atoms with van der Waals surface area (Å²) >= 11 is 0. The fourth-order valence-corrected chi connectivity index (χ4v) is 2.39. The molecule has 0 saturated carbocycles. The van der Waals surface area contributed by atoms with Crippen LogP contribution in [0.15, 0.2) is 60.7 Å². The van der Waals surface area contributed by atoms with Gasteiger partial charge in [-0.15, -0.1) is 0 Å². The molecule has 3 nitrogen and oxygen atoms in total. The van der Waals surface area contributed by atoms with E-state index in [-0.39, 0.29) is 11.9 Å². The molecule has 0 aliphatic rings. The number of carbonyl (C=O) groups is 1. The zero-order valence-corrected chi connectivity index (χ0v) is 13.7. The van der Waals surface area contributed by atoms with Crippen molar-refractivity contribution in [2.24, 2.45) is 0 Å². The van der Waals surface area contributed by atoms with E-state index in [1.165, 1.54) is 5.56 Å². The smallest absolute Gasteiger partial charge is 0.220 e. The Balaban J connectivity index is 1.57. The van der Waals surface area contributed by atoms with E-state index in [0.717, 1.165) is 25.0 Å². The molecule has 2 rings (SSSR count). The molecule has 2 aromatic carbocycles. The Morgan fingerprint density at radius 2 is 1.70 bits per heavy atom. The third-order valence-electron chi connectivity index (χ3n) is 3.68. The molecule has 0 unspecified atom stereocenters. The first-order valence-electron chi connectivity index (χ1n) is 8.25. The van der Waals surface area contributed by atoms with E-state index >= 15 is 0 Å². The van der Waals surface area contributed by atoms with Crippen LogP contribution in [0.2, 0.25) is 0 Å². The van der Waals surface area contributed by atoms with E-state index < -0.39 is 0 Å². The molecule has 0 aromatic heterocycles. The van der Waals surface area contributed by atoms with Crippen LogP contribution in [0.1, 0.15) is 31.7 Å². The van der Waals surface area contributed by atoms with Crippen LogP contribution in [0.5, 0.6) is 5.75 Å². The van der Waals surface area contributed by atoms with Crippen LogP contribution in [0.3, 0.4) is 0 Å². The number of hydrogen-bond acceptors (Lipinski definition) is 2. The van der Waals surface area contributed by atoms with E-state index in [4.69, 9.17) is 4.74 Å². The minimum atomic E-state index is 0.0993. The molecule has 3 heteroatoms. The lowest BCUT2D eigenvalue weighted by atomic mass is 10.1. The zero-order valence-electron chi connectivity index (χ0n) is 13.7. The molecule has 122 valence electrons. The standard InChI is InChI=1S/C20H25NO2/c1-17(14-15-18-9-4-2-5-10-18)21-20(22)13-8-16-23-19-11-6-3-7-12-19/h2-7,9-12,17H,8,13-16H2,1H3,(H,21,22)/t17-/m1/s1. The molecule has 0 spiro atoms. The maximum Gasteiger partial charge on any atom is 0.220 e. The van der Waals surface area contributed by atoms with Gasteiger partial charge in [0.15, 0.2) is 0 Å². The number of nitrogens with one attached hydrogen (secondary N) is 1. The monoisotopic (exact) mass is 311 g/mol. The highest BCUT2D eigenvalue weighted by Gasteiger charge is 2.07. The molecule has 1 amide bonds. The van der Waals surface area contributed by atoms with Crippen LogP contribution in [0.25, 0.3) is 0 Å². The van der Waals surface area contributed by atoms with Gasteiger partial charge >= 0.3 is 0 Å². The third-order valence-corrected chi connectivity index (χ3v) is 3.68. The zero-order chi connectivity index (χ0) is 16.3. The molecule has 0 heterocycles. The molecule has 0 fully saturated rings. The number of benzene rings is 2. The molecule has 23 heavy (non-hydrogen) atoms. The van der Waals surface area contributed by atoms with E-state index in [2.05, 4.69) is 24.4 Å². The third kappa shape index (κ3) is 7.00. The van der Waals surface area contributed by atoms with Gasteiger partial charge < -0.3 is 10.1 Å². The van der Waals surface area contributed by atoms with Crippen molar-refractivity contribution in [3.05, 3.63) is 66.2 Å². The fraction of sp³-hybridized carbons (Fsp3) is 0.350. The number of amides is 1. The van der Waals surface area contributed by atoms with Crippen molar-refractivity contribution < 1.29 is 9.53 Å². The summed E-state index contributed by atoms with van der Waals surface area (Å²) in [5.41, 5.74) is 1.31. The van der Waals surface area contributed by atoms with Crippen LogP contribution in [0, 0.1) is 0 Å². The number of carbonyl (C=O) groups excluding carboxylic acids is 1. The van der Waals surface area contributed by atoms with Crippen LogP contribution < -0.4 is 10.1 Å². The first-order chi connectivity index (χ1) is 11.2. The molecule has 0 aliphatic carbocycles. The van der Waals surface area contributed by atoms with Crippen molar-refractivity contribution in [3.63, 3.8) is 0 Å². The van der Waals surface area contributed by atoms with Crippen molar-refractivity contribution in [3.8, 4) is 5.75 Å². The van der Waals surface area contributed by atoms with Gasteiger partial charge in [0.1, 0.15) is 5.75 Å². The van der Waals surface area contributed by atoms with Gasteiger partial charge in [-0.05, 0) is 43.9 Å². The summed E-state index contributed by atoms with van der Waals surface area (Å²) in [7, 11) is 0. The van der Waals surface area contributed by atoms with Gasteiger partial charge in [0.2, 0.25) is 5.91 Å². The quantitative estimate of drug-likeness (QED) is 0.711. The normalized spacial score (nSPS) is 11.7. The van der Waals surface area contributed by atoms with Crippen molar-refractivity contribution in [2.75, 3.05) is 6.61 Å². The number of ether oxygens (including phenoxy) is 1. The van der Waals surface area contributed by atoms with Gasteiger partial charge in [0.25, 0.3) is 0 Å². The second-order valence-electron chi connectivity index (χ2n) is 5.76. The number of hydrogen-bond donors (Lipinski definition) is 1. The highest BCUT2D eigenvalue weighted by Crippen LogP contribution is 2.09. The Labute approximate surface area is 138 Å². The Hall–Kier alpha value is -2.29. The predicted molar refractivity (Wildman–Crippen MR) is 93.5 cm³/mol. The SMILES string of the molecule is C[C@H](CCc1ccccc1)NC(=O)CCCOc1ccccc1. The largest absolute Gasteiger partial charge is 0.494 e. The van der Waals surface area contributed by atoms with Gasteiger partial charge in [0.05, 0.1) is 6.61 Å². The maximum atomic E-state index is 11.9. The lowest BCUT2D eigenvalue weighted by Crippen LogP contribution is -2.32. The minimum absolute atomic E-state index is 0.0993. The average molecular weight is 311 g/mol. The number of para-hydroxylation sites is 1. The molecule has 2 aromatic rings. The van der Waals surface area contributed by atoms with Crippen molar-refractivity contribution in [1.29, 1.82) is 0 Å². The maximum absolute atomic E-state index is 11.9. The first-order valence-corrected chi connectivity index (χ1v) is 8.25. The van der Waals surface area contributed by atoms with Gasteiger partial charge in [-0.1, -0.05) is 48.5 Å². The Kier molecular flexibility index (Phi) is 7.18. The lowest BCUT2D eigenvalue weighted by Gasteiger charge is -2.14. The van der Waals surface area contributed by atoms with Gasteiger partial charge in [-0.3, -0.25) is 4.79 Å². The lowest BCUT2D eigenvalue weighted by molar-refractivity contribution is -0.121. The van der Waals surface area contributed by atoms with Crippen molar-refractivity contribution in [2.45, 2.75) is 38.6 Å². The summed E-state index contributed by atoms with van der Waals surface area (Å²) in [4.78, 5) is 11.9. The predicted octanol–water partition coefficient (Wildman–Crippen LogP) is 3.98. The van der Waals surface area contributed by atoms with Gasteiger partial charge in [-0.25, -0.2) is 0 Å². The summed E-state index contributed by atoms with van der Waals surface area (Å²) in [5.74, 6) is 0.950. The Morgan fingerprint density at radius 1 is 1.04 bits per heavy atom. The molecule has 0 bridgehead atoms. The van der Waals surface area contributed by atoms with Crippen LogP contribution in [-0.2, 0) is 11.2 Å². The van der Waals surface area contributed by atoms with Crippen molar-refractivity contribution in [1.82, 2.24) is 5.32 Å². The summed E-state index contributed by atoms with van der Waals surface area (Å²) in [5, 5.41) is 3.05. The van der Waals surface area contributed by atoms with Crippen LogP contribution >= 0.6 is 0 Å². The number of rotatable bonds is 9. The minimum Gasteiger partial charge on any atom is -0.494 e. The van der Waals surface area contributed by atoms with Gasteiger partial charge in [-0.2, -0.15) is 0 Å². The Morgan fingerprint density at radius 3 is 2.39 bits per heavy atom. The molecule has 0 saturated heterocycles. The highest BCUT2D eigenvalue weighted by atomic mass is 16.5. The molecule has 1 N–H and O–H groups in total. The Bertz CT molecular complexity index is 569. The molecular formula is C20H25NO2. The average Bonchev–Trinajstić information content (AvgIpc) is 2.59. The van der Waals surface area contributed by atoms with E-state index in [9.17, 15) is 4.79 Å². The van der Waals surface area contributed by atoms with Crippen LogP contribution in [0.4, 0.5) is 0 Å². The van der Waals surface area contributed by atoms with Crippen molar-refractivity contribution >= 4 is 5.91 Å². The molecule has 1 atom stereocenters. The highest BCUT2D eigenvalue weighted by molar-refractivity contribution is 5.76. The first kappa shape index (κ1) is 17.1. The van der Waals surface area contributed by atoms with E-state index in [1.807, 2.05) is 48.5 Å². The summed E-state index contributed by atoms with van der Waals surface area (Å²) in [6.07, 6.45) is 3.17. The van der Waals surface area contributed by atoms with Crippen LogP contribution in [-0.4, -0.2) is 18.6 Å². The number of aryl methyl sites for hydroxylation is 1. The topological polar surface area (TPSA) is 38.3 Å². The molecule has 0 radical (unpaired) electrons. The summed E-state index contributed by atoms with van der Waals surface area (Å²) in [6.45, 7) is 2.62. The van der Waals surface area contributed by atoms with E-state index in [1.54, 1.807) is 0 Å². The molecular weight excluding hydrogens is 286 g/mol. The van der Waals surface area contributed by atoms with E-state index in [0.29, 0.717) is 13.0 Å². The summed E-state index contributed by atoms with van der Waals surface area (Å²) < 4.78 is 5.59. The molecule has 0 aliphatic heterocycles.